The van der Waals surface area contributed by atoms with Gasteiger partial charge < -0.3 is 0 Å². The fraction of sp³-hybridized carbons (Fsp3) is 0. The third-order valence-electron chi connectivity index (χ3n) is 1.16. The summed E-state index contributed by atoms with van der Waals surface area (Å²) in [6, 6.07) is 4.62. The molecule has 1 aromatic carbocycles. The molecule has 0 bridgehead atoms. The highest BCUT2D eigenvalue weighted by Gasteiger charge is 2.09. The first-order chi connectivity index (χ1) is 5.16. The Morgan fingerprint density at radius 3 is 2.64 bits per heavy atom. The van der Waals surface area contributed by atoms with Crippen molar-refractivity contribution in [3.05, 3.63) is 33.0 Å². The summed E-state index contributed by atoms with van der Waals surface area (Å²) in [6.07, 6.45) is 0. The first kappa shape index (κ1) is 8.51. The van der Waals surface area contributed by atoms with E-state index in [1.54, 1.807) is 6.07 Å². The van der Waals surface area contributed by atoms with Crippen LogP contribution in [-0.2, 0) is 0 Å². The summed E-state index contributed by atoms with van der Waals surface area (Å²) in [7, 11) is 0. The lowest BCUT2D eigenvalue weighted by Gasteiger charge is -1.97. The molecule has 0 heterocycles. The average molecular weight is 234 g/mol. The molecule has 56 valence electrons. The molecule has 0 aliphatic carbocycles. The van der Waals surface area contributed by atoms with Gasteiger partial charge in [0, 0.05) is 4.47 Å². The van der Waals surface area contributed by atoms with Gasteiger partial charge in [-0.15, -0.1) is 0 Å². The van der Waals surface area contributed by atoms with Gasteiger partial charge in [-0.1, -0.05) is 11.6 Å². The van der Waals surface area contributed by atoms with E-state index in [0.29, 0.717) is 4.47 Å². The number of nitrogens with zero attached hydrogens (tertiary/aromatic N) is 1. The van der Waals surface area contributed by atoms with Gasteiger partial charge in [0.1, 0.15) is 11.6 Å². The van der Waals surface area contributed by atoms with Gasteiger partial charge in [-0.3, -0.25) is 0 Å². The van der Waals surface area contributed by atoms with Gasteiger partial charge in [-0.05, 0) is 28.1 Å². The maximum Gasteiger partial charge on any atom is 0.160 e. The van der Waals surface area contributed by atoms with E-state index in [-0.39, 0.29) is 10.6 Å². The second-order valence-corrected chi connectivity index (χ2v) is 3.09. The van der Waals surface area contributed by atoms with Gasteiger partial charge >= 0.3 is 0 Å². The van der Waals surface area contributed by atoms with Crippen LogP contribution in [-0.4, -0.2) is 0 Å². The molecule has 0 spiro atoms. The van der Waals surface area contributed by atoms with Crippen molar-refractivity contribution in [1.29, 1.82) is 5.26 Å². The SMILES string of the molecule is N#Cc1c(Br)ccc(Cl)c1F. The Kier molecular flexibility index (Phi) is 2.48. The lowest BCUT2D eigenvalue weighted by Crippen LogP contribution is -1.85. The van der Waals surface area contributed by atoms with Crippen molar-refractivity contribution in [1.82, 2.24) is 0 Å². The lowest BCUT2D eigenvalue weighted by molar-refractivity contribution is 0.623. The highest BCUT2D eigenvalue weighted by molar-refractivity contribution is 9.10. The maximum absolute atomic E-state index is 12.9. The van der Waals surface area contributed by atoms with Crippen molar-refractivity contribution in [2.45, 2.75) is 0 Å². The highest BCUT2D eigenvalue weighted by Crippen LogP contribution is 2.24. The van der Waals surface area contributed by atoms with Crippen LogP contribution in [0.25, 0.3) is 0 Å². The number of hydrogen-bond acceptors (Lipinski definition) is 1. The molecule has 0 radical (unpaired) electrons. The molecular formula is C7H2BrClFN. The lowest BCUT2D eigenvalue weighted by atomic mass is 10.2. The molecule has 0 fully saturated rings. The Morgan fingerprint density at radius 2 is 2.18 bits per heavy atom. The first-order valence-electron chi connectivity index (χ1n) is 2.70. The molecular weight excluding hydrogens is 232 g/mol. The maximum atomic E-state index is 12.9. The monoisotopic (exact) mass is 233 g/mol. The zero-order valence-electron chi connectivity index (χ0n) is 5.24. The van der Waals surface area contributed by atoms with Crippen LogP contribution < -0.4 is 0 Å². The van der Waals surface area contributed by atoms with Crippen LogP contribution in [0.2, 0.25) is 5.02 Å². The minimum absolute atomic E-state index is 0.0373. The summed E-state index contributed by atoms with van der Waals surface area (Å²) in [6.45, 7) is 0. The number of benzene rings is 1. The summed E-state index contributed by atoms with van der Waals surface area (Å²) >= 11 is 8.44. The second-order valence-electron chi connectivity index (χ2n) is 1.83. The van der Waals surface area contributed by atoms with E-state index in [9.17, 15) is 4.39 Å². The van der Waals surface area contributed by atoms with Crippen molar-refractivity contribution in [2.24, 2.45) is 0 Å². The molecule has 0 amide bonds. The Bertz CT molecular complexity index is 332. The molecule has 0 saturated heterocycles. The molecule has 0 aromatic heterocycles. The van der Waals surface area contributed by atoms with E-state index in [2.05, 4.69) is 15.9 Å². The predicted octanol–water partition coefficient (Wildman–Crippen LogP) is 3.11. The van der Waals surface area contributed by atoms with Gasteiger partial charge in [-0.25, -0.2) is 4.39 Å². The van der Waals surface area contributed by atoms with Crippen LogP contribution >= 0.6 is 27.5 Å². The molecule has 0 saturated carbocycles. The van der Waals surface area contributed by atoms with Crippen LogP contribution in [0.5, 0.6) is 0 Å². The van der Waals surface area contributed by atoms with E-state index in [0.717, 1.165) is 0 Å². The van der Waals surface area contributed by atoms with Gasteiger partial charge in [0.2, 0.25) is 0 Å². The van der Waals surface area contributed by atoms with Crippen molar-refractivity contribution in [3.63, 3.8) is 0 Å². The van der Waals surface area contributed by atoms with Crippen molar-refractivity contribution in [3.8, 4) is 6.07 Å². The van der Waals surface area contributed by atoms with Gasteiger partial charge in [0.25, 0.3) is 0 Å². The van der Waals surface area contributed by atoms with Gasteiger partial charge in [0.15, 0.2) is 5.82 Å². The van der Waals surface area contributed by atoms with Crippen LogP contribution in [0.1, 0.15) is 5.56 Å². The van der Waals surface area contributed by atoms with E-state index >= 15 is 0 Å². The molecule has 0 aliphatic heterocycles. The minimum Gasteiger partial charge on any atom is -0.204 e. The Balaban J connectivity index is 3.44. The average Bonchev–Trinajstić information content (AvgIpc) is 1.99. The molecule has 4 heteroatoms. The molecule has 0 N–H and O–H groups in total. The molecule has 1 aromatic rings. The molecule has 0 unspecified atom stereocenters. The molecule has 0 aliphatic rings. The molecule has 1 rings (SSSR count). The fourth-order valence-electron chi connectivity index (χ4n) is 0.630. The number of rotatable bonds is 0. The second kappa shape index (κ2) is 3.21. The number of hydrogen-bond donors (Lipinski definition) is 0. The molecule has 11 heavy (non-hydrogen) atoms. The topological polar surface area (TPSA) is 23.8 Å². The number of halogens is 3. The van der Waals surface area contributed by atoms with Crippen molar-refractivity contribution < 1.29 is 4.39 Å². The van der Waals surface area contributed by atoms with Crippen LogP contribution in [0.4, 0.5) is 4.39 Å². The fourth-order valence-corrected chi connectivity index (χ4v) is 1.18. The zero-order valence-corrected chi connectivity index (χ0v) is 7.58. The van der Waals surface area contributed by atoms with E-state index in [1.807, 2.05) is 0 Å². The van der Waals surface area contributed by atoms with Crippen LogP contribution in [0, 0.1) is 17.1 Å². The largest absolute Gasteiger partial charge is 0.204 e. The molecule has 1 nitrogen and oxygen atoms in total. The van der Waals surface area contributed by atoms with Crippen molar-refractivity contribution >= 4 is 27.5 Å². The Hall–Kier alpha value is -0.590. The Morgan fingerprint density at radius 1 is 1.55 bits per heavy atom. The smallest absolute Gasteiger partial charge is 0.160 e. The van der Waals surface area contributed by atoms with Gasteiger partial charge in [-0.2, -0.15) is 5.26 Å². The zero-order chi connectivity index (χ0) is 8.43. The van der Waals surface area contributed by atoms with Crippen LogP contribution in [0.15, 0.2) is 16.6 Å². The van der Waals surface area contributed by atoms with Gasteiger partial charge in [0.05, 0.1) is 5.02 Å². The normalized spacial score (nSPS) is 9.27. The summed E-state index contributed by atoms with van der Waals surface area (Å²) < 4.78 is 13.3. The summed E-state index contributed by atoms with van der Waals surface area (Å²) in [5, 5.41) is 8.41. The third kappa shape index (κ3) is 1.52. The third-order valence-corrected chi connectivity index (χ3v) is 2.11. The Labute approximate surface area is 76.5 Å². The first-order valence-corrected chi connectivity index (χ1v) is 3.87. The van der Waals surface area contributed by atoms with Crippen molar-refractivity contribution in [2.75, 3.05) is 0 Å². The van der Waals surface area contributed by atoms with E-state index in [4.69, 9.17) is 16.9 Å². The molecule has 0 atom stereocenters. The quantitative estimate of drug-likeness (QED) is 0.633. The minimum atomic E-state index is -0.677. The van der Waals surface area contributed by atoms with Crippen LogP contribution in [0.3, 0.4) is 0 Å². The van der Waals surface area contributed by atoms with E-state index < -0.39 is 5.82 Å². The standard InChI is InChI=1S/C7H2BrClFN/c8-5-1-2-6(9)7(10)4(5)3-11/h1-2H. The summed E-state index contributed by atoms with van der Waals surface area (Å²) in [5.41, 5.74) is -0.0579. The number of nitriles is 1. The summed E-state index contributed by atoms with van der Waals surface area (Å²) in [4.78, 5) is 0. The van der Waals surface area contributed by atoms with E-state index in [1.165, 1.54) is 12.1 Å². The predicted molar refractivity (Wildman–Crippen MR) is 43.8 cm³/mol. The summed E-state index contributed by atoms with van der Waals surface area (Å²) in [5.74, 6) is -0.677. The highest BCUT2D eigenvalue weighted by atomic mass is 79.9.